The number of hydrogen-bond acceptors (Lipinski definition) is 7. The molecular weight excluding hydrogens is 942 g/mol. The van der Waals surface area contributed by atoms with Gasteiger partial charge in [0.2, 0.25) is 0 Å². The summed E-state index contributed by atoms with van der Waals surface area (Å²) in [5.41, 5.74) is 0. The molecule has 0 aromatic heterocycles. The first-order valence-electron chi connectivity index (χ1n) is 32.4. The molecule has 440 valence electrons. The Balaban J connectivity index is 4.04. The highest BCUT2D eigenvalue weighted by atomic mass is 31.2. The molecular formula is C64H127NO8P+. The number of esters is 2. The average molecular weight is 1070 g/mol. The topological polar surface area (TPSA) is 108 Å². The molecule has 9 nitrogen and oxygen atoms in total. The van der Waals surface area contributed by atoms with Crippen LogP contribution in [0.1, 0.15) is 335 Å². The van der Waals surface area contributed by atoms with Crippen LogP contribution in [-0.2, 0) is 32.7 Å². The molecule has 2 unspecified atom stereocenters. The van der Waals surface area contributed by atoms with Crippen molar-refractivity contribution in [3.8, 4) is 0 Å². The van der Waals surface area contributed by atoms with Gasteiger partial charge in [0, 0.05) is 12.8 Å². The second-order valence-electron chi connectivity index (χ2n) is 23.5. The fourth-order valence-corrected chi connectivity index (χ4v) is 10.5. The molecule has 0 saturated carbocycles. The van der Waals surface area contributed by atoms with E-state index in [1.165, 1.54) is 270 Å². The van der Waals surface area contributed by atoms with Crippen LogP contribution in [0.2, 0.25) is 0 Å². The van der Waals surface area contributed by atoms with E-state index in [1.807, 2.05) is 21.1 Å². The Morgan fingerprint density at radius 3 is 1.00 bits per heavy atom. The quantitative estimate of drug-likeness (QED) is 0.0211. The summed E-state index contributed by atoms with van der Waals surface area (Å²) < 4.78 is 34.7. The van der Waals surface area contributed by atoms with Crippen molar-refractivity contribution in [1.29, 1.82) is 0 Å². The molecule has 0 aromatic rings. The van der Waals surface area contributed by atoms with E-state index >= 15 is 0 Å². The van der Waals surface area contributed by atoms with Crippen LogP contribution >= 0.6 is 7.82 Å². The maximum absolute atomic E-state index is 12.8. The minimum Gasteiger partial charge on any atom is -0.462 e. The summed E-state index contributed by atoms with van der Waals surface area (Å²) in [7, 11) is 1.50. The van der Waals surface area contributed by atoms with Crippen LogP contribution in [0.3, 0.4) is 0 Å². The SMILES string of the molecule is CCCCCCCCCC/C=C\CCCCCCCCCCCCCC(=O)OC(COC(=O)CCCCCCCCCCCCCCCCCCCCCCCCCCCCC)COP(=O)(O)OCC[N+](C)(C)C. The van der Waals surface area contributed by atoms with Gasteiger partial charge in [-0.05, 0) is 38.5 Å². The molecule has 0 radical (unpaired) electrons. The van der Waals surface area contributed by atoms with Crippen molar-refractivity contribution < 1.29 is 42.1 Å². The van der Waals surface area contributed by atoms with Gasteiger partial charge in [0.1, 0.15) is 19.8 Å². The fourth-order valence-electron chi connectivity index (χ4n) is 9.78. The predicted octanol–water partition coefficient (Wildman–Crippen LogP) is 20.4. The van der Waals surface area contributed by atoms with Crippen molar-refractivity contribution in [3.05, 3.63) is 12.2 Å². The van der Waals surface area contributed by atoms with Crippen LogP contribution in [0.25, 0.3) is 0 Å². The Morgan fingerprint density at radius 1 is 0.405 bits per heavy atom. The van der Waals surface area contributed by atoms with E-state index in [0.29, 0.717) is 23.9 Å². The molecule has 0 spiro atoms. The molecule has 0 saturated heterocycles. The van der Waals surface area contributed by atoms with E-state index < -0.39 is 26.5 Å². The Hall–Kier alpha value is -1.25. The molecule has 0 aliphatic heterocycles. The van der Waals surface area contributed by atoms with Crippen molar-refractivity contribution in [2.45, 2.75) is 341 Å². The number of likely N-dealkylation sites (N-methyl/N-ethyl adjacent to an activating group) is 1. The lowest BCUT2D eigenvalue weighted by atomic mass is 10.0. The molecule has 2 atom stereocenters. The molecule has 0 bridgehead atoms. The lowest BCUT2D eigenvalue weighted by Gasteiger charge is -2.24. The summed E-state index contributed by atoms with van der Waals surface area (Å²) >= 11 is 0. The van der Waals surface area contributed by atoms with E-state index in [9.17, 15) is 19.0 Å². The molecule has 0 aromatic carbocycles. The predicted molar refractivity (Wildman–Crippen MR) is 317 cm³/mol. The van der Waals surface area contributed by atoms with Crippen LogP contribution in [0, 0.1) is 0 Å². The molecule has 0 aliphatic carbocycles. The number of rotatable bonds is 61. The third kappa shape index (κ3) is 60.0. The highest BCUT2D eigenvalue weighted by molar-refractivity contribution is 7.47. The number of hydrogen-bond donors (Lipinski definition) is 1. The normalized spacial score (nSPS) is 13.2. The largest absolute Gasteiger partial charge is 0.472 e. The van der Waals surface area contributed by atoms with Crippen molar-refractivity contribution in [3.63, 3.8) is 0 Å². The van der Waals surface area contributed by atoms with Gasteiger partial charge in [0.15, 0.2) is 6.10 Å². The van der Waals surface area contributed by atoms with Crippen molar-refractivity contribution in [2.75, 3.05) is 47.5 Å². The molecule has 0 heterocycles. The standard InChI is InChI=1S/C64H126NO8P/c1-6-8-10-12-14-16-18-20-22-24-26-28-30-31-32-33-35-36-38-40-42-44-46-48-50-52-54-56-63(66)70-60-62(61-72-74(68,69)71-59-58-65(3,4)5)73-64(67)57-55-53-51-49-47-45-43-41-39-37-34-29-27-25-23-21-19-17-15-13-11-9-7-2/h25,27,62H,6-24,26,28-61H2,1-5H3/p+1/b27-25-. The summed E-state index contributed by atoms with van der Waals surface area (Å²) in [6, 6.07) is 0. The molecule has 0 aliphatic rings. The van der Waals surface area contributed by atoms with E-state index in [1.54, 1.807) is 0 Å². The van der Waals surface area contributed by atoms with Gasteiger partial charge in [-0.2, -0.15) is 0 Å². The number of carbonyl (C=O) groups is 2. The Morgan fingerprint density at radius 2 is 0.689 bits per heavy atom. The minimum absolute atomic E-state index is 0.0356. The summed E-state index contributed by atoms with van der Waals surface area (Å²) in [5.74, 6) is -0.776. The average Bonchev–Trinajstić information content (AvgIpc) is 3.36. The summed E-state index contributed by atoms with van der Waals surface area (Å²) in [6.07, 6.45) is 67.3. The zero-order valence-electron chi connectivity index (χ0n) is 50.1. The number of quaternary nitrogens is 1. The van der Waals surface area contributed by atoms with Gasteiger partial charge < -0.3 is 18.9 Å². The smallest absolute Gasteiger partial charge is 0.462 e. The van der Waals surface area contributed by atoms with Gasteiger partial charge in [-0.3, -0.25) is 18.6 Å². The number of phosphoric acid groups is 1. The van der Waals surface area contributed by atoms with Gasteiger partial charge in [-0.1, -0.05) is 296 Å². The number of ether oxygens (including phenoxy) is 2. The Bertz CT molecular complexity index is 1260. The van der Waals surface area contributed by atoms with Crippen LogP contribution in [-0.4, -0.2) is 74.9 Å². The van der Waals surface area contributed by atoms with E-state index in [-0.39, 0.29) is 25.6 Å². The van der Waals surface area contributed by atoms with Crippen LogP contribution in [0.15, 0.2) is 12.2 Å². The van der Waals surface area contributed by atoms with Gasteiger partial charge >= 0.3 is 19.8 Å². The van der Waals surface area contributed by atoms with Crippen molar-refractivity contribution >= 4 is 19.8 Å². The lowest BCUT2D eigenvalue weighted by Crippen LogP contribution is -2.37. The second-order valence-corrected chi connectivity index (χ2v) is 25.0. The van der Waals surface area contributed by atoms with Crippen LogP contribution in [0.5, 0.6) is 0 Å². The Kier molecular flexibility index (Phi) is 55.5. The zero-order valence-corrected chi connectivity index (χ0v) is 51.0. The van der Waals surface area contributed by atoms with Crippen LogP contribution < -0.4 is 0 Å². The van der Waals surface area contributed by atoms with Crippen molar-refractivity contribution in [1.82, 2.24) is 0 Å². The van der Waals surface area contributed by atoms with Gasteiger partial charge in [-0.15, -0.1) is 0 Å². The number of unbranched alkanes of at least 4 members (excludes halogenated alkanes) is 45. The van der Waals surface area contributed by atoms with Gasteiger partial charge in [0.25, 0.3) is 0 Å². The van der Waals surface area contributed by atoms with Crippen molar-refractivity contribution in [2.24, 2.45) is 0 Å². The van der Waals surface area contributed by atoms with E-state index in [4.69, 9.17) is 18.5 Å². The maximum atomic E-state index is 12.8. The molecule has 10 heteroatoms. The minimum atomic E-state index is -4.38. The first kappa shape index (κ1) is 72.8. The number of nitrogens with zero attached hydrogens (tertiary/aromatic N) is 1. The molecule has 0 rings (SSSR count). The van der Waals surface area contributed by atoms with E-state index in [2.05, 4.69) is 26.0 Å². The second kappa shape index (κ2) is 56.5. The maximum Gasteiger partial charge on any atom is 0.472 e. The number of phosphoric ester groups is 1. The summed E-state index contributed by atoms with van der Waals surface area (Å²) in [5, 5.41) is 0. The van der Waals surface area contributed by atoms with E-state index in [0.717, 1.165) is 32.1 Å². The first-order valence-corrected chi connectivity index (χ1v) is 33.9. The number of carbonyl (C=O) groups excluding carboxylic acids is 2. The zero-order chi connectivity index (χ0) is 54.2. The Labute approximate surface area is 460 Å². The third-order valence-electron chi connectivity index (χ3n) is 14.8. The summed E-state index contributed by atoms with van der Waals surface area (Å²) in [6.45, 7) is 4.51. The third-order valence-corrected chi connectivity index (χ3v) is 15.8. The molecule has 74 heavy (non-hydrogen) atoms. The van der Waals surface area contributed by atoms with Gasteiger partial charge in [0.05, 0.1) is 27.7 Å². The lowest BCUT2D eigenvalue weighted by molar-refractivity contribution is -0.870. The fraction of sp³-hybridized carbons (Fsp3) is 0.938. The summed E-state index contributed by atoms with van der Waals surface area (Å²) in [4.78, 5) is 35.8. The highest BCUT2D eigenvalue weighted by Crippen LogP contribution is 2.43. The molecule has 0 fully saturated rings. The monoisotopic (exact) mass is 1070 g/mol. The van der Waals surface area contributed by atoms with Gasteiger partial charge in [-0.25, -0.2) is 4.57 Å². The molecule has 0 amide bonds. The highest BCUT2D eigenvalue weighted by Gasteiger charge is 2.27. The van der Waals surface area contributed by atoms with Crippen LogP contribution in [0.4, 0.5) is 0 Å². The first-order chi connectivity index (χ1) is 36.0. The number of allylic oxidation sites excluding steroid dienone is 2. The molecule has 1 N–H and O–H groups in total.